The topological polar surface area (TPSA) is 157 Å². The summed E-state index contributed by atoms with van der Waals surface area (Å²) in [6.45, 7) is 7.59. The molecule has 1 saturated heterocycles. The first-order chi connectivity index (χ1) is 16.5. The molecule has 0 bridgehead atoms. The van der Waals surface area contributed by atoms with E-state index in [1.165, 1.54) is 0 Å². The van der Waals surface area contributed by atoms with E-state index in [0.717, 1.165) is 43.3 Å². The van der Waals surface area contributed by atoms with Crippen molar-refractivity contribution >= 4 is 5.97 Å². The molecular weight excluding hydrogens is 456 g/mol. The Morgan fingerprint density at radius 2 is 1.86 bits per heavy atom. The smallest absolute Gasteiger partial charge is 0.314 e. The summed E-state index contributed by atoms with van der Waals surface area (Å²) in [5.41, 5.74) is 0.838. The van der Waals surface area contributed by atoms with Crippen LogP contribution in [0.15, 0.2) is 23.8 Å². The minimum Gasteiger partial charge on any atom is -0.432 e. The molecule has 1 aliphatic heterocycles. The highest BCUT2D eigenvalue weighted by Crippen LogP contribution is 2.62. The van der Waals surface area contributed by atoms with Crippen molar-refractivity contribution in [3.05, 3.63) is 23.8 Å². The average molecular weight is 499 g/mol. The monoisotopic (exact) mass is 498 g/mol. The molecule has 3 aliphatic rings. The molecule has 9 atom stereocenters. The minimum absolute atomic E-state index is 0.0176. The van der Waals surface area contributed by atoms with Gasteiger partial charge in [-0.15, -0.1) is 0 Å². The van der Waals surface area contributed by atoms with Gasteiger partial charge in [-0.2, -0.15) is 0 Å². The van der Waals surface area contributed by atoms with Gasteiger partial charge in [0.25, 0.3) is 0 Å². The van der Waals surface area contributed by atoms with Gasteiger partial charge in [-0.3, -0.25) is 4.79 Å². The molecule has 0 amide bonds. The summed E-state index contributed by atoms with van der Waals surface area (Å²) in [5.74, 6) is -0.411. The molecule has 9 heteroatoms. The van der Waals surface area contributed by atoms with E-state index in [4.69, 9.17) is 9.47 Å². The van der Waals surface area contributed by atoms with E-state index in [-0.39, 0.29) is 30.5 Å². The molecule has 2 aliphatic carbocycles. The van der Waals surface area contributed by atoms with Gasteiger partial charge in [0.2, 0.25) is 6.29 Å². The Kier molecular flexibility index (Phi) is 9.18. The number of rotatable bonds is 8. The summed E-state index contributed by atoms with van der Waals surface area (Å²) in [7, 11) is 0. The van der Waals surface area contributed by atoms with Crippen LogP contribution in [0.1, 0.15) is 58.8 Å². The lowest BCUT2D eigenvalue weighted by Gasteiger charge is -2.58. The quantitative estimate of drug-likeness (QED) is 0.210. The molecule has 0 radical (unpaired) electrons. The molecule has 35 heavy (non-hydrogen) atoms. The highest BCUT2D eigenvalue weighted by molar-refractivity contribution is 5.77. The molecule has 1 heterocycles. The summed E-state index contributed by atoms with van der Waals surface area (Å²) in [4.78, 5) is 13.6. The van der Waals surface area contributed by atoms with Gasteiger partial charge in [-0.25, -0.2) is 0 Å². The van der Waals surface area contributed by atoms with Crippen LogP contribution in [0.5, 0.6) is 0 Å². The number of carbonyl (C=O) groups excluding carboxylic acids is 1. The van der Waals surface area contributed by atoms with Crippen LogP contribution in [-0.4, -0.2) is 87.1 Å². The van der Waals surface area contributed by atoms with Crippen LogP contribution in [0.2, 0.25) is 0 Å². The fraction of sp³-hybridized carbons (Fsp3) is 0.808. The molecule has 2 saturated carbocycles. The number of hydrogen-bond acceptors (Lipinski definition) is 9. The van der Waals surface area contributed by atoms with Crippen LogP contribution in [-0.2, 0) is 14.3 Å². The van der Waals surface area contributed by atoms with Gasteiger partial charge in [0.05, 0.1) is 25.2 Å². The lowest BCUT2D eigenvalue weighted by Crippen LogP contribution is -2.61. The fourth-order valence-electron chi connectivity index (χ4n) is 6.84. The van der Waals surface area contributed by atoms with Crippen LogP contribution < -0.4 is 0 Å². The van der Waals surface area contributed by atoms with Crippen molar-refractivity contribution in [1.29, 1.82) is 0 Å². The predicted molar refractivity (Wildman–Crippen MR) is 127 cm³/mol. The van der Waals surface area contributed by atoms with Crippen LogP contribution >= 0.6 is 0 Å². The Morgan fingerprint density at radius 1 is 1.14 bits per heavy atom. The molecule has 3 rings (SSSR count). The van der Waals surface area contributed by atoms with Gasteiger partial charge < -0.3 is 40.1 Å². The van der Waals surface area contributed by atoms with Crippen molar-refractivity contribution in [3.63, 3.8) is 0 Å². The second kappa shape index (κ2) is 11.4. The SMILES string of the molecule is C=C1CC[C@H]2[C@@](C)(CCC[C@@]2(C)C(=O)O[C@@H]2O[C@H](CO)[C@H](O)[C@@H](O)[C@@H]2O)[C@@H]1CC/C(=C/CO)CO. The summed E-state index contributed by atoms with van der Waals surface area (Å²) < 4.78 is 11.0. The zero-order valence-corrected chi connectivity index (χ0v) is 20.8. The lowest BCUT2D eigenvalue weighted by atomic mass is 9.46. The van der Waals surface area contributed by atoms with E-state index in [1.807, 2.05) is 6.92 Å². The van der Waals surface area contributed by atoms with Crippen molar-refractivity contribution in [2.24, 2.45) is 22.7 Å². The first kappa shape index (κ1) is 28.2. The molecule has 0 unspecified atom stereocenters. The maximum absolute atomic E-state index is 13.6. The summed E-state index contributed by atoms with van der Waals surface area (Å²) in [6.07, 6.45) is -0.515. The third-order valence-corrected chi connectivity index (χ3v) is 8.89. The van der Waals surface area contributed by atoms with Crippen molar-refractivity contribution in [3.8, 4) is 0 Å². The number of aliphatic hydroxyl groups is 6. The zero-order valence-electron chi connectivity index (χ0n) is 20.8. The highest BCUT2D eigenvalue weighted by Gasteiger charge is 2.58. The second-order valence-corrected chi connectivity index (χ2v) is 10.9. The molecule has 0 spiro atoms. The van der Waals surface area contributed by atoms with E-state index in [9.17, 15) is 35.4 Å². The van der Waals surface area contributed by atoms with Crippen molar-refractivity contribution in [2.45, 2.75) is 89.5 Å². The molecular formula is C26H42O9. The highest BCUT2D eigenvalue weighted by atomic mass is 16.7. The van der Waals surface area contributed by atoms with Gasteiger partial charge in [0, 0.05) is 0 Å². The number of aliphatic hydroxyl groups excluding tert-OH is 6. The maximum atomic E-state index is 13.6. The third kappa shape index (κ3) is 5.37. The summed E-state index contributed by atoms with van der Waals surface area (Å²) in [5, 5.41) is 58.7. The normalized spacial score (nSPS) is 42.5. The van der Waals surface area contributed by atoms with Crippen LogP contribution in [0.25, 0.3) is 0 Å². The van der Waals surface area contributed by atoms with Crippen molar-refractivity contribution in [1.82, 2.24) is 0 Å². The number of carbonyl (C=O) groups is 1. The molecule has 9 nitrogen and oxygen atoms in total. The van der Waals surface area contributed by atoms with E-state index < -0.39 is 48.7 Å². The second-order valence-electron chi connectivity index (χ2n) is 10.9. The van der Waals surface area contributed by atoms with E-state index in [1.54, 1.807) is 6.08 Å². The van der Waals surface area contributed by atoms with Crippen LogP contribution in [0.4, 0.5) is 0 Å². The molecule has 200 valence electrons. The number of fused-ring (bicyclic) bond motifs is 1. The van der Waals surface area contributed by atoms with E-state index in [2.05, 4.69) is 13.5 Å². The largest absolute Gasteiger partial charge is 0.432 e. The molecule has 3 fully saturated rings. The average Bonchev–Trinajstić information content (AvgIpc) is 2.82. The van der Waals surface area contributed by atoms with E-state index >= 15 is 0 Å². The van der Waals surface area contributed by atoms with Gasteiger partial charge >= 0.3 is 5.97 Å². The molecule has 0 aromatic heterocycles. The first-order valence-corrected chi connectivity index (χ1v) is 12.6. The Hall–Kier alpha value is -1.33. The summed E-state index contributed by atoms with van der Waals surface area (Å²) in [6, 6.07) is 0. The lowest BCUT2D eigenvalue weighted by molar-refractivity contribution is -0.297. The van der Waals surface area contributed by atoms with E-state index in [0.29, 0.717) is 12.8 Å². The number of allylic oxidation sites excluding steroid dienone is 1. The molecule has 0 aromatic carbocycles. The Bertz CT molecular complexity index is 796. The number of esters is 1. The summed E-state index contributed by atoms with van der Waals surface area (Å²) >= 11 is 0. The number of hydrogen-bond donors (Lipinski definition) is 6. The van der Waals surface area contributed by atoms with Gasteiger partial charge in [-0.05, 0) is 68.3 Å². The van der Waals surface area contributed by atoms with Crippen LogP contribution in [0, 0.1) is 22.7 Å². The third-order valence-electron chi connectivity index (χ3n) is 8.89. The number of ether oxygens (including phenoxy) is 2. The van der Waals surface area contributed by atoms with Crippen LogP contribution in [0.3, 0.4) is 0 Å². The maximum Gasteiger partial charge on any atom is 0.314 e. The predicted octanol–water partition coefficient (Wildman–Crippen LogP) is 0.800. The Labute approximate surface area is 207 Å². The van der Waals surface area contributed by atoms with Crippen molar-refractivity contribution in [2.75, 3.05) is 19.8 Å². The van der Waals surface area contributed by atoms with Crippen molar-refractivity contribution < 1.29 is 44.9 Å². The minimum atomic E-state index is -1.63. The zero-order chi connectivity index (χ0) is 26.0. The Morgan fingerprint density at radius 3 is 2.49 bits per heavy atom. The molecule has 0 aromatic rings. The standard InChI is InChI=1S/C26H42O9/c1-15-5-8-19-25(2,17(15)7-6-16(13-28)9-12-27)10-4-11-26(19,3)24(33)35-23-22(32)21(31)20(30)18(14-29)34-23/h9,17-23,27-32H,1,4-8,10-14H2,2-3H3/b16-9-/t17-,18-,19+,20+,21-,22+,23+,25+,26-/m1/s1. The fourth-order valence-corrected chi connectivity index (χ4v) is 6.84. The Balaban J connectivity index is 1.80. The van der Waals surface area contributed by atoms with Gasteiger partial charge in [0.1, 0.15) is 24.4 Å². The van der Waals surface area contributed by atoms with Gasteiger partial charge in [0.15, 0.2) is 0 Å². The van der Waals surface area contributed by atoms with Gasteiger partial charge in [-0.1, -0.05) is 31.6 Å². The molecule has 6 N–H and O–H groups in total. The first-order valence-electron chi connectivity index (χ1n) is 12.6.